The molecule has 1 atom stereocenters. The van der Waals surface area contributed by atoms with E-state index >= 15 is 0 Å². The van der Waals surface area contributed by atoms with Gasteiger partial charge in [-0.2, -0.15) is 0 Å². The average molecular weight is 264 g/mol. The van der Waals surface area contributed by atoms with Crippen LogP contribution in [0.3, 0.4) is 0 Å². The lowest BCUT2D eigenvalue weighted by atomic mass is 9.70. The summed E-state index contributed by atoms with van der Waals surface area (Å²) in [6, 6.07) is 7.19. The molecule has 0 aliphatic carbocycles. The van der Waals surface area contributed by atoms with Crippen LogP contribution in [-0.2, 0) is 0 Å². The molecule has 0 aromatic heterocycles. The molecule has 1 aromatic rings. The third-order valence-electron chi connectivity index (χ3n) is 3.55. The van der Waals surface area contributed by atoms with Gasteiger partial charge in [-0.05, 0) is 23.5 Å². The zero-order valence-corrected chi connectivity index (χ0v) is 12.4. The number of ether oxygens (including phenoxy) is 1. The first kappa shape index (κ1) is 15.7. The van der Waals surface area contributed by atoms with Crippen molar-refractivity contribution in [2.24, 2.45) is 17.3 Å². The zero-order chi connectivity index (χ0) is 14.6. The number of hydrogen-bond acceptors (Lipinski definition) is 3. The second-order valence-corrected chi connectivity index (χ2v) is 5.96. The first-order valence-corrected chi connectivity index (χ1v) is 6.62. The maximum absolute atomic E-state index is 12.7. The fourth-order valence-electron chi connectivity index (χ4n) is 2.61. The van der Waals surface area contributed by atoms with Crippen LogP contribution in [0.15, 0.2) is 24.3 Å². The molecule has 0 fully saturated rings. The van der Waals surface area contributed by atoms with Crippen molar-refractivity contribution in [3.63, 3.8) is 0 Å². The molecule has 0 radical (unpaired) electrons. The third-order valence-corrected chi connectivity index (χ3v) is 3.55. The fraction of sp³-hybridized carbons (Fsp3) is 0.562. The Labute approximate surface area is 115 Å². The lowest BCUT2D eigenvalue weighted by Crippen LogP contribution is -2.37. The van der Waals surface area contributed by atoms with Crippen LogP contribution < -0.4 is 4.74 Å². The Hall–Kier alpha value is -1.35. The van der Waals surface area contributed by atoms with E-state index in [1.807, 2.05) is 39.8 Å². The van der Waals surface area contributed by atoms with Crippen molar-refractivity contribution in [1.29, 1.82) is 0 Å². The molecule has 1 aromatic carbocycles. The number of methoxy groups -OCH3 is 1. The van der Waals surface area contributed by atoms with E-state index in [1.165, 1.54) is 0 Å². The van der Waals surface area contributed by atoms with Crippen LogP contribution in [0.2, 0.25) is 0 Å². The van der Waals surface area contributed by atoms with E-state index in [4.69, 9.17) is 4.74 Å². The largest absolute Gasteiger partial charge is 0.497 e. The maximum Gasteiger partial charge on any atom is 0.166 e. The molecule has 0 aliphatic rings. The Morgan fingerprint density at radius 2 is 2.00 bits per heavy atom. The highest BCUT2D eigenvalue weighted by Crippen LogP contribution is 2.35. The molecule has 106 valence electrons. The number of Topliss-reactive ketones (excluding diaryl/α,β-unsaturated/α-hetero) is 1. The number of aliphatic hydroxyl groups excluding tert-OH is 1. The van der Waals surface area contributed by atoms with Crippen LogP contribution in [0.4, 0.5) is 0 Å². The van der Waals surface area contributed by atoms with Gasteiger partial charge < -0.3 is 9.84 Å². The number of benzene rings is 1. The van der Waals surface area contributed by atoms with E-state index in [0.29, 0.717) is 11.3 Å². The highest BCUT2D eigenvalue weighted by atomic mass is 16.5. The van der Waals surface area contributed by atoms with Crippen molar-refractivity contribution >= 4 is 5.78 Å². The Balaban J connectivity index is 3.13. The Morgan fingerprint density at radius 1 is 1.37 bits per heavy atom. The van der Waals surface area contributed by atoms with Crippen molar-refractivity contribution in [2.75, 3.05) is 13.7 Å². The zero-order valence-electron chi connectivity index (χ0n) is 12.4. The summed E-state index contributed by atoms with van der Waals surface area (Å²) in [5.41, 5.74) is 0.202. The number of carbonyl (C=O) groups excluding carboxylic acids is 1. The predicted octanol–water partition coefficient (Wildman–Crippen LogP) is 3.17. The lowest BCUT2D eigenvalue weighted by Gasteiger charge is -2.34. The molecule has 3 nitrogen and oxygen atoms in total. The summed E-state index contributed by atoms with van der Waals surface area (Å²) < 4.78 is 5.16. The monoisotopic (exact) mass is 264 g/mol. The third kappa shape index (κ3) is 3.57. The molecule has 0 aliphatic heterocycles. The smallest absolute Gasteiger partial charge is 0.166 e. The van der Waals surface area contributed by atoms with Gasteiger partial charge in [-0.1, -0.05) is 39.8 Å². The van der Waals surface area contributed by atoms with Gasteiger partial charge in [0.15, 0.2) is 5.78 Å². The number of carbonyl (C=O) groups is 1. The van der Waals surface area contributed by atoms with Crippen LogP contribution in [0.5, 0.6) is 5.75 Å². The van der Waals surface area contributed by atoms with E-state index in [0.717, 1.165) is 0 Å². The van der Waals surface area contributed by atoms with E-state index < -0.39 is 5.41 Å². The van der Waals surface area contributed by atoms with Crippen molar-refractivity contribution in [3.8, 4) is 5.75 Å². The highest BCUT2D eigenvalue weighted by Gasteiger charge is 2.37. The van der Waals surface area contributed by atoms with E-state index in [2.05, 4.69) is 0 Å². The number of rotatable bonds is 6. The Morgan fingerprint density at radius 3 is 2.47 bits per heavy atom. The summed E-state index contributed by atoms with van der Waals surface area (Å²) in [6.45, 7) is 7.87. The Kier molecular flexibility index (Phi) is 5.12. The molecular weight excluding hydrogens is 240 g/mol. The maximum atomic E-state index is 12.7. The molecule has 1 rings (SSSR count). The van der Waals surface area contributed by atoms with E-state index in [9.17, 15) is 9.90 Å². The van der Waals surface area contributed by atoms with Gasteiger partial charge >= 0.3 is 0 Å². The summed E-state index contributed by atoms with van der Waals surface area (Å²) in [5, 5.41) is 9.53. The minimum absolute atomic E-state index is 0.00838. The number of hydrogen-bond donors (Lipinski definition) is 1. The molecule has 19 heavy (non-hydrogen) atoms. The molecule has 0 spiro atoms. The van der Waals surface area contributed by atoms with Gasteiger partial charge in [-0.15, -0.1) is 0 Å². The molecular formula is C16H24O3. The van der Waals surface area contributed by atoms with Crippen molar-refractivity contribution in [3.05, 3.63) is 29.8 Å². The van der Waals surface area contributed by atoms with Crippen LogP contribution in [0.1, 0.15) is 38.1 Å². The molecule has 0 saturated carbocycles. The molecule has 0 heterocycles. The average Bonchev–Trinajstić information content (AvgIpc) is 2.38. The van der Waals surface area contributed by atoms with Gasteiger partial charge in [0.1, 0.15) is 5.75 Å². The van der Waals surface area contributed by atoms with Crippen LogP contribution >= 0.6 is 0 Å². The van der Waals surface area contributed by atoms with Gasteiger partial charge in [0.25, 0.3) is 0 Å². The quantitative estimate of drug-likeness (QED) is 0.803. The van der Waals surface area contributed by atoms with Crippen LogP contribution in [0, 0.1) is 17.3 Å². The molecule has 1 unspecified atom stereocenters. The van der Waals surface area contributed by atoms with Crippen molar-refractivity contribution in [2.45, 2.75) is 27.7 Å². The molecule has 0 saturated heterocycles. The first-order chi connectivity index (χ1) is 8.83. The molecule has 1 N–H and O–H groups in total. The van der Waals surface area contributed by atoms with E-state index in [1.54, 1.807) is 19.2 Å². The minimum atomic E-state index is -0.436. The highest BCUT2D eigenvalue weighted by molar-refractivity contribution is 5.98. The van der Waals surface area contributed by atoms with Gasteiger partial charge in [-0.25, -0.2) is 0 Å². The molecule has 3 heteroatoms. The first-order valence-electron chi connectivity index (χ1n) is 6.62. The second-order valence-electron chi connectivity index (χ2n) is 5.96. The minimum Gasteiger partial charge on any atom is -0.497 e. The standard InChI is InChI=1S/C16H24O3/c1-11(2)14(16(3,4)10-17)15(18)12-7-6-8-13(9-12)19-5/h6-9,11,14,17H,10H2,1-5H3. The SMILES string of the molecule is COc1cccc(C(=O)C(C(C)C)C(C)(C)CO)c1. The Bertz CT molecular complexity index is 435. The van der Waals surface area contributed by atoms with Gasteiger partial charge in [0.05, 0.1) is 7.11 Å². The lowest BCUT2D eigenvalue weighted by molar-refractivity contribution is 0.0504. The van der Waals surface area contributed by atoms with Gasteiger partial charge in [-0.3, -0.25) is 4.79 Å². The molecule has 0 bridgehead atoms. The second kappa shape index (κ2) is 6.20. The summed E-state index contributed by atoms with van der Waals surface area (Å²) in [6.07, 6.45) is 0. The normalized spacial score (nSPS) is 13.4. The summed E-state index contributed by atoms with van der Waals surface area (Å²) >= 11 is 0. The fourth-order valence-corrected chi connectivity index (χ4v) is 2.61. The summed E-state index contributed by atoms with van der Waals surface area (Å²) in [7, 11) is 1.58. The van der Waals surface area contributed by atoms with Crippen molar-refractivity contribution < 1.29 is 14.6 Å². The number of aliphatic hydroxyl groups is 1. The summed E-state index contributed by atoms with van der Waals surface area (Å²) in [5.74, 6) is 0.688. The van der Waals surface area contributed by atoms with Gasteiger partial charge in [0.2, 0.25) is 0 Å². The topological polar surface area (TPSA) is 46.5 Å². The number of ketones is 1. The molecule has 0 amide bonds. The van der Waals surface area contributed by atoms with Crippen molar-refractivity contribution in [1.82, 2.24) is 0 Å². The van der Waals surface area contributed by atoms with Crippen LogP contribution in [-0.4, -0.2) is 24.6 Å². The van der Waals surface area contributed by atoms with E-state index in [-0.39, 0.29) is 24.2 Å². The summed E-state index contributed by atoms with van der Waals surface area (Å²) in [4.78, 5) is 12.7. The predicted molar refractivity (Wildman–Crippen MR) is 76.5 cm³/mol. The van der Waals surface area contributed by atoms with Gasteiger partial charge in [0, 0.05) is 18.1 Å². The van der Waals surface area contributed by atoms with Crippen LogP contribution in [0.25, 0.3) is 0 Å².